The molecule has 1 aliphatic rings. The van der Waals surface area contributed by atoms with Gasteiger partial charge in [-0.3, -0.25) is 9.59 Å². The molecule has 0 unspecified atom stereocenters. The first-order valence-electron chi connectivity index (χ1n) is 8.15. The van der Waals surface area contributed by atoms with E-state index in [0.717, 1.165) is 24.2 Å². The normalized spacial score (nSPS) is 18.2. The number of hydrogen-bond donors (Lipinski definition) is 0. The number of likely N-dealkylation sites (tertiary alicyclic amines) is 1. The van der Waals surface area contributed by atoms with Gasteiger partial charge in [0, 0.05) is 24.9 Å². The third kappa shape index (κ3) is 4.66. The Morgan fingerprint density at radius 2 is 1.88 bits per heavy atom. The molecule has 132 valence electrons. The van der Waals surface area contributed by atoms with Crippen molar-refractivity contribution in [2.24, 2.45) is 0 Å². The van der Waals surface area contributed by atoms with E-state index in [4.69, 9.17) is 9.47 Å². The van der Waals surface area contributed by atoms with Gasteiger partial charge in [-0.15, -0.1) is 0 Å². The zero-order chi connectivity index (χ0) is 17.9. The molecule has 24 heavy (non-hydrogen) atoms. The lowest BCUT2D eigenvalue weighted by atomic mass is 10.0. The summed E-state index contributed by atoms with van der Waals surface area (Å²) < 4.78 is 11.0. The summed E-state index contributed by atoms with van der Waals surface area (Å²) in [5.41, 5.74) is 0.513. The van der Waals surface area contributed by atoms with E-state index >= 15 is 0 Å². The monoisotopic (exact) mass is 335 g/mol. The summed E-state index contributed by atoms with van der Waals surface area (Å²) in [7, 11) is 0. The molecule has 1 amide bonds. The third-order valence-corrected chi connectivity index (χ3v) is 3.81. The Kier molecular flexibility index (Phi) is 5.41. The summed E-state index contributed by atoms with van der Waals surface area (Å²) in [6.45, 7) is 9.34. The van der Waals surface area contributed by atoms with Crippen LogP contribution in [0.15, 0.2) is 6.07 Å². The molecule has 2 rings (SSSR count). The maximum Gasteiger partial charge on any atom is 0.317 e. The molecule has 0 saturated carbocycles. The van der Waals surface area contributed by atoms with Crippen molar-refractivity contribution < 1.29 is 19.1 Å². The average molecular weight is 335 g/mol. The minimum atomic E-state index is -1.18. The van der Waals surface area contributed by atoms with E-state index in [0.29, 0.717) is 19.1 Å². The standard InChI is InChI=1S/C17H25N3O4/c1-11-9-12(2)19-16(18-11)23-14-7-6-8-20(10-14)15(22)17(4,5)24-13(3)21/h9,14H,6-8,10H2,1-5H3/t14-/m0/s1. The number of hydrogen-bond acceptors (Lipinski definition) is 6. The molecule has 0 radical (unpaired) electrons. The Labute approximate surface area is 142 Å². The van der Waals surface area contributed by atoms with E-state index in [1.165, 1.54) is 6.92 Å². The van der Waals surface area contributed by atoms with Crippen LogP contribution in [0.4, 0.5) is 0 Å². The molecule has 1 atom stereocenters. The molecule has 7 heteroatoms. The third-order valence-electron chi connectivity index (χ3n) is 3.81. The largest absolute Gasteiger partial charge is 0.458 e. The lowest BCUT2D eigenvalue weighted by molar-refractivity contribution is -0.169. The zero-order valence-corrected chi connectivity index (χ0v) is 15.0. The highest BCUT2D eigenvalue weighted by Crippen LogP contribution is 2.21. The van der Waals surface area contributed by atoms with Gasteiger partial charge in [0.2, 0.25) is 0 Å². The first-order valence-corrected chi connectivity index (χ1v) is 8.15. The summed E-state index contributed by atoms with van der Waals surface area (Å²) in [5, 5.41) is 0. The minimum Gasteiger partial charge on any atom is -0.458 e. The van der Waals surface area contributed by atoms with Crippen LogP contribution in [0.5, 0.6) is 6.01 Å². The first-order chi connectivity index (χ1) is 11.2. The van der Waals surface area contributed by atoms with Crippen LogP contribution in [-0.2, 0) is 14.3 Å². The quantitative estimate of drug-likeness (QED) is 0.781. The number of carbonyl (C=O) groups excluding carboxylic acids is 2. The minimum absolute atomic E-state index is 0.169. The van der Waals surface area contributed by atoms with Gasteiger partial charge in [0.25, 0.3) is 5.91 Å². The summed E-state index contributed by atoms with van der Waals surface area (Å²) in [5.74, 6) is -0.686. The van der Waals surface area contributed by atoms with Crippen molar-refractivity contribution in [2.45, 2.75) is 59.2 Å². The van der Waals surface area contributed by atoms with Crippen molar-refractivity contribution in [1.82, 2.24) is 14.9 Å². The van der Waals surface area contributed by atoms with Gasteiger partial charge in [-0.2, -0.15) is 0 Å². The molecule has 1 aliphatic heterocycles. The van der Waals surface area contributed by atoms with Crippen molar-refractivity contribution in [3.8, 4) is 6.01 Å². The molecule has 0 bridgehead atoms. The molecule has 0 aliphatic carbocycles. The fraction of sp³-hybridized carbons (Fsp3) is 0.647. The SMILES string of the molecule is CC(=O)OC(C)(C)C(=O)N1CCC[C@H](Oc2nc(C)cc(C)n2)C1. The maximum absolute atomic E-state index is 12.6. The highest BCUT2D eigenvalue weighted by Gasteiger charge is 2.37. The average Bonchev–Trinajstić information content (AvgIpc) is 2.44. The molecule has 0 spiro atoms. The Bertz CT molecular complexity index is 610. The molecule has 1 aromatic heterocycles. The van der Waals surface area contributed by atoms with Crippen molar-refractivity contribution in [3.63, 3.8) is 0 Å². The summed E-state index contributed by atoms with van der Waals surface area (Å²) in [6.07, 6.45) is 1.47. The number of amides is 1. The number of rotatable bonds is 4. The Morgan fingerprint density at radius 1 is 1.25 bits per heavy atom. The van der Waals surface area contributed by atoms with Crippen LogP contribution in [0.1, 0.15) is 45.0 Å². The van der Waals surface area contributed by atoms with Crippen LogP contribution in [-0.4, -0.2) is 51.5 Å². The van der Waals surface area contributed by atoms with Gasteiger partial charge in [0.05, 0.1) is 6.54 Å². The number of nitrogens with zero attached hydrogens (tertiary/aromatic N) is 3. The smallest absolute Gasteiger partial charge is 0.317 e. The maximum atomic E-state index is 12.6. The topological polar surface area (TPSA) is 81.6 Å². The van der Waals surface area contributed by atoms with Crippen LogP contribution in [0.25, 0.3) is 0 Å². The van der Waals surface area contributed by atoms with Crippen molar-refractivity contribution in [1.29, 1.82) is 0 Å². The van der Waals surface area contributed by atoms with Gasteiger partial charge in [0.15, 0.2) is 5.60 Å². The van der Waals surface area contributed by atoms with Crippen LogP contribution in [0.3, 0.4) is 0 Å². The molecular weight excluding hydrogens is 310 g/mol. The number of aromatic nitrogens is 2. The Balaban J connectivity index is 2.03. The molecule has 0 aromatic carbocycles. The molecule has 1 aromatic rings. The summed E-state index contributed by atoms with van der Waals surface area (Å²) in [6, 6.07) is 2.22. The number of piperidine rings is 1. The van der Waals surface area contributed by atoms with E-state index in [2.05, 4.69) is 9.97 Å². The second kappa shape index (κ2) is 7.15. The zero-order valence-electron chi connectivity index (χ0n) is 15.0. The lowest BCUT2D eigenvalue weighted by Gasteiger charge is -2.36. The number of ether oxygens (including phenoxy) is 2. The molecule has 7 nitrogen and oxygen atoms in total. The van der Waals surface area contributed by atoms with E-state index in [-0.39, 0.29) is 12.0 Å². The van der Waals surface area contributed by atoms with Crippen molar-refractivity contribution in [2.75, 3.05) is 13.1 Å². The first kappa shape index (κ1) is 18.2. The van der Waals surface area contributed by atoms with E-state index in [1.54, 1.807) is 18.7 Å². The predicted molar refractivity (Wildman–Crippen MR) is 87.6 cm³/mol. The van der Waals surface area contributed by atoms with Crippen LogP contribution in [0.2, 0.25) is 0 Å². The van der Waals surface area contributed by atoms with Crippen LogP contribution >= 0.6 is 0 Å². The van der Waals surface area contributed by atoms with Gasteiger partial charge in [-0.1, -0.05) is 0 Å². The molecule has 0 N–H and O–H groups in total. The number of carbonyl (C=O) groups is 2. The second-order valence-corrected chi connectivity index (χ2v) is 6.67. The lowest BCUT2D eigenvalue weighted by Crippen LogP contribution is -2.53. The molecule has 1 fully saturated rings. The Hall–Kier alpha value is -2.18. The fourth-order valence-corrected chi connectivity index (χ4v) is 2.90. The van der Waals surface area contributed by atoms with Gasteiger partial charge >= 0.3 is 12.0 Å². The highest BCUT2D eigenvalue weighted by molar-refractivity contribution is 5.86. The van der Waals surface area contributed by atoms with Crippen LogP contribution in [0, 0.1) is 13.8 Å². The van der Waals surface area contributed by atoms with Crippen LogP contribution < -0.4 is 4.74 Å². The summed E-state index contributed by atoms with van der Waals surface area (Å²) >= 11 is 0. The molecule has 2 heterocycles. The van der Waals surface area contributed by atoms with Gasteiger partial charge < -0.3 is 14.4 Å². The predicted octanol–water partition coefficient (Wildman–Crippen LogP) is 1.80. The Morgan fingerprint density at radius 3 is 2.46 bits per heavy atom. The highest BCUT2D eigenvalue weighted by atomic mass is 16.6. The second-order valence-electron chi connectivity index (χ2n) is 6.67. The molecule has 1 saturated heterocycles. The van der Waals surface area contributed by atoms with E-state index in [9.17, 15) is 9.59 Å². The number of esters is 1. The number of aryl methyl sites for hydroxylation is 2. The van der Waals surface area contributed by atoms with Gasteiger partial charge in [0.1, 0.15) is 6.10 Å². The summed E-state index contributed by atoms with van der Waals surface area (Å²) in [4.78, 5) is 34.0. The van der Waals surface area contributed by atoms with Gasteiger partial charge in [-0.25, -0.2) is 9.97 Å². The van der Waals surface area contributed by atoms with Crippen molar-refractivity contribution >= 4 is 11.9 Å². The van der Waals surface area contributed by atoms with Crippen molar-refractivity contribution in [3.05, 3.63) is 17.5 Å². The fourth-order valence-electron chi connectivity index (χ4n) is 2.90. The van der Waals surface area contributed by atoms with Gasteiger partial charge in [-0.05, 0) is 46.6 Å². The molecular formula is C17H25N3O4. The van der Waals surface area contributed by atoms with E-state index < -0.39 is 11.6 Å². The van der Waals surface area contributed by atoms with E-state index in [1.807, 2.05) is 19.9 Å².